The molecule has 0 fully saturated rings. The third-order valence-electron chi connectivity index (χ3n) is 2.44. The average Bonchev–Trinajstić information content (AvgIpc) is 2.29. The molecule has 0 saturated carbocycles. The first-order valence-corrected chi connectivity index (χ1v) is 5.17. The van der Waals surface area contributed by atoms with Gasteiger partial charge in [-0.3, -0.25) is 0 Å². The number of hydrogen-bond donors (Lipinski definition) is 1. The van der Waals surface area contributed by atoms with E-state index >= 15 is 0 Å². The summed E-state index contributed by atoms with van der Waals surface area (Å²) >= 11 is 6.05. The summed E-state index contributed by atoms with van der Waals surface area (Å²) in [6, 6.07) is 3.80. The normalized spacial score (nSPS) is 20.9. The number of aryl methyl sites for hydroxylation is 1. The van der Waals surface area contributed by atoms with Gasteiger partial charge in [-0.1, -0.05) is 11.6 Å². The van der Waals surface area contributed by atoms with Gasteiger partial charge in [0.15, 0.2) is 0 Å². The van der Waals surface area contributed by atoms with E-state index in [1.54, 1.807) is 0 Å². The Balaban J connectivity index is 2.53. The minimum atomic E-state index is -0.440. The molecule has 0 aliphatic carbocycles. The Morgan fingerprint density at radius 1 is 1.50 bits per heavy atom. The molecule has 0 bridgehead atoms. The van der Waals surface area contributed by atoms with Gasteiger partial charge >= 0.3 is 0 Å². The first kappa shape index (κ1) is 9.81. The predicted octanol–water partition coefficient (Wildman–Crippen LogP) is 2.85. The molecular formula is C11H13ClO2. The van der Waals surface area contributed by atoms with Gasteiger partial charge in [0.25, 0.3) is 0 Å². The minimum absolute atomic E-state index is 0.440. The monoisotopic (exact) mass is 212 g/mol. The van der Waals surface area contributed by atoms with E-state index in [4.69, 9.17) is 16.3 Å². The van der Waals surface area contributed by atoms with Gasteiger partial charge in [0, 0.05) is 5.56 Å². The Hall–Kier alpha value is -0.730. The molecule has 1 aliphatic rings. The molecule has 1 N–H and O–H groups in total. The summed E-state index contributed by atoms with van der Waals surface area (Å²) in [5, 5.41) is 10.4. The fourth-order valence-electron chi connectivity index (χ4n) is 1.76. The Labute approximate surface area is 88.5 Å². The second-order valence-corrected chi connectivity index (χ2v) is 4.08. The molecule has 1 heterocycles. The van der Waals surface area contributed by atoms with Crippen LogP contribution in [0.4, 0.5) is 0 Å². The molecule has 14 heavy (non-hydrogen) atoms. The molecule has 76 valence electrons. The van der Waals surface area contributed by atoms with E-state index in [-0.39, 0.29) is 0 Å². The van der Waals surface area contributed by atoms with Gasteiger partial charge in [0.05, 0.1) is 17.7 Å². The van der Waals surface area contributed by atoms with E-state index in [1.165, 1.54) is 0 Å². The number of aliphatic hydroxyl groups excluding tert-OH is 1. The number of fused-ring (bicyclic) bond motifs is 1. The molecule has 0 amide bonds. The predicted molar refractivity (Wildman–Crippen MR) is 55.9 cm³/mol. The number of rotatable bonds is 0. The molecule has 1 aliphatic heterocycles. The maximum absolute atomic E-state index is 9.85. The Morgan fingerprint density at radius 2 is 2.29 bits per heavy atom. The molecule has 0 unspecified atom stereocenters. The Bertz CT molecular complexity index is 349. The van der Waals surface area contributed by atoms with Crippen LogP contribution in [0.3, 0.4) is 0 Å². The fraction of sp³-hybridized carbons (Fsp3) is 0.455. The average molecular weight is 213 g/mol. The maximum atomic E-state index is 9.85. The van der Waals surface area contributed by atoms with Crippen molar-refractivity contribution in [3.63, 3.8) is 0 Å². The zero-order valence-electron chi connectivity index (χ0n) is 8.09. The van der Waals surface area contributed by atoms with Crippen LogP contribution in [0.25, 0.3) is 0 Å². The molecule has 2 rings (SSSR count). The van der Waals surface area contributed by atoms with Crippen molar-refractivity contribution in [3.05, 3.63) is 28.3 Å². The van der Waals surface area contributed by atoms with Crippen molar-refractivity contribution >= 4 is 11.6 Å². The third-order valence-corrected chi connectivity index (χ3v) is 2.72. The van der Waals surface area contributed by atoms with E-state index in [2.05, 4.69) is 0 Å². The number of aliphatic hydroxyl groups is 1. The van der Waals surface area contributed by atoms with E-state index in [9.17, 15) is 5.11 Å². The number of ether oxygens (including phenoxy) is 1. The highest BCUT2D eigenvalue weighted by Crippen LogP contribution is 2.37. The first-order valence-electron chi connectivity index (χ1n) is 4.79. The van der Waals surface area contributed by atoms with Crippen molar-refractivity contribution in [2.45, 2.75) is 25.9 Å². The third kappa shape index (κ3) is 1.72. The number of hydrogen-bond acceptors (Lipinski definition) is 2. The highest BCUT2D eigenvalue weighted by atomic mass is 35.5. The summed E-state index contributed by atoms with van der Waals surface area (Å²) in [4.78, 5) is 0. The molecule has 2 nitrogen and oxygen atoms in total. The number of benzene rings is 1. The van der Waals surface area contributed by atoms with E-state index < -0.39 is 6.10 Å². The second-order valence-electron chi connectivity index (χ2n) is 3.67. The van der Waals surface area contributed by atoms with Crippen LogP contribution in [0, 0.1) is 6.92 Å². The van der Waals surface area contributed by atoms with Crippen LogP contribution in [0.1, 0.15) is 30.1 Å². The van der Waals surface area contributed by atoms with Gasteiger partial charge in [0.2, 0.25) is 0 Å². The maximum Gasteiger partial charge on any atom is 0.143 e. The van der Waals surface area contributed by atoms with E-state index in [0.717, 1.165) is 24.0 Å². The van der Waals surface area contributed by atoms with Crippen molar-refractivity contribution in [2.24, 2.45) is 0 Å². The lowest BCUT2D eigenvalue weighted by atomic mass is 10.0. The van der Waals surface area contributed by atoms with Gasteiger partial charge in [-0.2, -0.15) is 0 Å². The molecule has 0 aromatic heterocycles. The Kier molecular flexibility index (Phi) is 2.66. The summed E-state index contributed by atoms with van der Waals surface area (Å²) in [6.45, 7) is 2.59. The summed E-state index contributed by atoms with van der Waals surface area (Å²) in [6.07, 6.45) is 1.17. The lowest BCUT2D eigenvalue weighted by Gasteiger charge is -2.13. The van der Waals surface area contributed by atoms with Crippen molar-refractivity contribution in [3.8, 4) is 5.75 Å². The molecule has 0 spiro atoms. The zero-order valence-corrected chi connectivity index (χ0v) is 8.84. The topological polar surface area (TPSA) is 29.5 Å². The molecule has 1 aromatic rings. The van der Waals surface area contributed by atoms with Crippen molar-refractivity contribution in [1.29, 1.82) is 0 Å². The standard InChI is InChI=1S/C11H13ClO2/c1-7-5-8-10(13)3-2-4-14-11(8)9(12)6-7/h5-6,10,13H,2-4H2,1H3/t10-/m1/s1. The van der Waals surface area contributed by atoms with Crippen LogP contribution in [-0.2, 0) is 0 Å². The minimum Gasteiger partial charge on any atom is -0.492 e. The summed E-state index contributed by atoms with van der Waals surface area (Å²) < 4.78 is 5.51. The van der Waals surface area contributed by atoms with Crippen LogP contribution < -0.4 is 4.74 Å². The van der Waals surface area contributed by atoms with Crippen LogP contribution in [0.5, 0.6) is 5.75 Å². The van der Waals surface area contributed by atoms with Gasteiger partial charge in [-0.05, 0) is 37.5 Å². The van der Waals surface area contributed by atoms with Crippen molar-refractivity contribution in [1.82, 2.24) is 0 Å². The van der Waals surface area contributed by atoms with Crippen LogP contribution in [-0.4, -0.2) is 11.7 Å². The summed E-state index contributed by atoms with van der Waals surface area (Å²) in [5.74, 6) is 0.655. The zero-order chi connectivity index (χ0) is 10.1. The molecule has 1 atom stereocenters. The molecule has 0 saturated heterocycles. The van der Waals surface area contributed by atoms with E-state index in [0.29, 0.717) is 17.4 Å². The lowest BCUT2D eigenvalue weighted by molar-refractivity contribution is 0.167. The van der Waals surface area contributed by atoms with Crippen molar-refractivity contribution < 1.29 is 9.84 Å². The fourth-order valence-corrected chi connectivity index (χ4v) is 2.10. The van der Waals surface area contributed by atoms with Gasteiger partial charge < -0.3 is 9.84 Å². The molecule has 3 heteroatoms. The Morgan fingerprint density at radius 3 is 3.07 bits per heavy atom. The highest BCUT2D eigenvalue weighted by molar-refractivity contribution is 6.32. The summed E-state index contributed by atoms with van der Waals surface area (Å²) in [7, 11) is 0. The lowest BCUT2D eigenvalue weighted by Crippen LogP contribution is -1.97. The van der Waals surface area contributed by atoms with Gasteiger partial charge in [0.1, 0.15) is 5.75 Å². The molecule has 0 radical (unpaired) electrons. The summed E-state index contributed by atoms with van der Waals surface area (Å²) in [5.41, 5.74) is 1.88. The second kappa shape index (κ2) is 3.79. The van der Waals surface area contributed by atoms with Crippen LogP contribution >= 0.6 is 11.6 Å². The largest absolute Gasteiger partial charge is 0.492 e. The molecular weight excluding hydrogens is 200 g/mol. The quantitative estimate of drug-likeness (QED) is 0.717. The first-order chi connectivity index (χ1) is 6.68. The highest BCUT2D eigenvalue weighted by Gasteiger charge is 2.20. The van der Waals surface area contributed by atoms with E-state index in [1.807, 2.05) is 19.1 Å². The smallest absolute Gasteiger partial charge is 0.143 e. The number of halogens is 1. The molecule has 1 aromatic carbocycles. The van der Waals surface area contributed by atoms with Gasteiger partial charge in [-0.25, -0.2) is 0 Å². The van der Waals surface area contributed by atoms with Gasteiger partial charge in [-0.15, -0.1) is 0 Å². The van der Waals surface area contributed by atoms with Crippen LogP contribution in [0.2, 0.25) is 5.02 Å². The van der Waals surface area contributed by atoms with Crippen LogP contribution in [0.15, 0.2) is 12.1 Å². The SMILES string of the molecule is Cc1cc(Cl)c2c(c1)[C@H](O)CCCO2. The van der Waals surface area contributed by atoms with Crippen molar-refractivity contribution in [2.75, 3.05) is 6.61 Å².